The molecule has 1 aromatic rings. The Balaban J connectivity index is 2.15. The van der Waals surface area contributed by atoms with Crippen LogP contribution in [0.5, 0.6) is 0 Å². The molecule has 2 atom stereocenters. The summed E-state index contributed by atoms with van der Waals surface area (Å²) in [5, 5.41) is 3.82. The molecule has 0 bridgehead atoms. The Kier molecular flexibility index (Phi) is 4.24. The normalized spacial score (nSPS) is 23.8. The van der Waals surface area contributed by atoms with Gasteiger partial charge in [-0.3, -0.25) is 0 Å². The van der Waals surface area contributed by atoms with Crippen molar-refractivity contribution in [1.82, 2.24) is 5.32 Å². The second-order valence-corrected chi connectivity index (χ2v) is 8.12. The molecule has 112 valence electrons. The maximum Gasteiger partial charge on any atom is 0.123 e. The third-order valence-electron chi connectivity index (χ3n) is 4.44. The summed E-state index contributed by atoms with van der Waals surface area (Å²) in [5.74, 6) is -0.164. The molecule has 1 nitrogen and oxygen atoms in total. The number of rotatable bonds is 3. The molecule has 0 heterocycles. The van der Waals surface area contributed by atoms with E-state index in [9.17, 15) is 4.39 Å². The van der Waals surface area contributed by atoms with E-state index in [1.165, 1.54) is 24.8 Å². The van der Waals surface area contributed by atoms with Crippen LogP contribution in [-0.2, 0) is 0 Å². The SMILES string of the molecule is CC1(C)CCC(NC(c2ccc(F)cc2)C(C)(C)C)C1. The predicted octanol–water partition coefficient (Wildman–Crippen LogP) is 5.08. The molecule has 2 heteroatoms. The van der Waals surface area contributed by atoms with Crippen molar-refractivity contribution in [1.29, 1.82) is 0 Å². The van der Waals surface area contributed by atoms with E-state index in [-0.39, 0.29) is 17.3 Å². The van der Waals surface area contributed by atoms with Crippen molar-refractivity contribution in [3.05, 3.63) is 35.6 Å². The number of nitrogens with one attached hydrogen (secondary N) is 1. The minimum absolute atomic E-state index is 0.116. The predicted molar refractivity (Wildman–Crippen MR) is 83.2 cm³/mol. The Labute approximate surface area is 123 Å². The fourth-order valence-electron chi connectivity index (χ4n) is 3.32. The zero-order valence-electron chi connectivity index (χ0n) is 13.5. The molecular weight excluding hydrogens is 249 g/mol. The first-order chi connectivity index (χ1) is 9.17. The molecule has 0 aliphatic heterocycles. The van der Waals surface area contributed by atoms with E-state index >= 15 is 0 Å². The Morgan fingerprint density at radius 3 is 2.25 bits per heavy atom. The molecule has 1 aromatic carbocycles. The third-order valence-corrected chi connectivity index (χ3v) is 4.44. The van der Waals surface area contributed by atoms with Gasteiger partial charge in [-0.05, 0) is 47.8 Å². The van der Waals surface area contributed by atoms with E-state index in [0.717, 1.165) is 0 Å². The molecule has 0 spiro atoms. The Bertz CT molecular complexity index is 441. The second kappa shape index (κ2) is 5.48. The molecule has 0 radical (unpaired) electrons. The molecule has 0 saturated heterocycles. The summed E-state index contributed by atoms with van der Waals surface area (Å²) in [5.41, 5.74) is 1.75. The van der Waals surface area contributed by atoms with Crippen LogP contribution in [0.25, 0.3) is 0 Å². The summed E-state index contributed by atoms with van der Waals surface area (Å²) in [6.45, 7) is 11.4. The lowest BCUT2D eigenvalue weighted by Gasteiger charge is -2.35. The van der Waals surface area contributed by atoms with Crippen LogP contribution in [0, 0.1) is 16.6 Å². The average Bonchev–Trinajstić information content (AvgIpc) is 2.66. The van der Waals surface area contributed by atoms with Crippen molar-refractivity contribution in [3.8, 4) is 0 Å². The van der Waals surface area contributed by atoms with Gasteiger partial charge in [-0.2, -0.15) is 0 Å². The topological polar surface area (TPSA) is 12.0 Å². The van der Waals surface area contributed by atoms with E-state index in [0.29, 0.717) is 11.5 Å². The van der Waals surface area contributed by atoms with Crippen LogP contribution in [0.3, 0.4) is 0 Å². The largest absolute Gasteiger partial charge is 0.307 e. The summed E-state index contributed by atoms with van der Waals surface area (Å²) in [7, 11) is 0. The van der Waals surface area contributed by atoms with Crippen molar-refractivity contribution in [2.45, 2.75) is 66.0 Å². The van der Waals surface area contributed by atoms with Gasteiger partial charge in [0.2, 0.25) is 0 Å². The highest BCUT2D eigenvalue weighted by Gasteiger charge is 2.35. The minimum atomic E-state index is -0.164. The van der Waals surface area contributed by atoms with E-state index in [4.69, 9.17) is 0 Å². The van der Waals surface area contributed by atoms with Gasteiger partial charge >= 0.3 is 0 Å². The van der Waals surface area contributed by atoms with Crippen molar-refractivity contribution >= 4 is 0 Å². The summed E-state index contributed by atoms with van der Waals surface area (Å²) >= 11 is 0. The fraction of sp³-hybridized carbons (Fsp3) is 0.667. The van der Waals surface area contributed by atoms with Gasteiger partial charge in [-0.15, -0.1) is 0 Å². The van der Waals surface area contributed by atoms with Crippen molar-refractivity contribution in [2.24, 2.45) is 10.8 Å². The van der Waals surface area contributed by atoms with E-state index in [2.05, 4.69) is 39.9 Å². The highest BCUT2D eigenvalue weighted by atomic mass is 19.1. The smallest absolute Gasteiger partial charge is 0.123 e. The van der Waals surface area contributed by atoms with Crippen LogP contribution in [0.2, 0.25) is 0 Å². The lowest BCUT2D eigenvalue weighted by atomic mass is 9.81. The number of benzene rings is 1. The molecule has 1 N–H and O–H groups in total. The first kappa shape index (κ1) is 15.5. The summed E-state index contributed by atoms with van der Waals surface area (Å²) in [6.07, 6.45) is 3.74. The maximum absolute atomic E-state index is 13.1. The standard InChI is InChI=1S/C18H28FN/c1-17(2,3)16(13-6-8-14(19)9-7-13)20-15-10-11-18(4,5)12-15/h6-9,15-16,20H,10-12H2,1-5H3. The van der Waals surface area contributed by atoms with Gasteiger partial charge in [-0.25, -0.2) is 4.39 Å². The molecule has 2 unspecified atom stereocenters. The van der Waals surface area contributed by atoms with Gasteiger partial charge in [0.25, 0.3) is 0 Å². The van der Waals surface area contributed by atoms with Crippen LogP contribution >= 0.6 is 0 Å². The lowest BCUT2D eigenvalue weighted by Crippen LogP contribution is -2.38. The fourth-order valence-corrected chi connectivity index (χ4v) is 3.32. The minimum Gasteiger partial charge on any atom is -0.307 e. The highest BCUT2D eigenvalue weighted by molar-refractivity contribution is 5.22. The quantitative estimate of drug-likeness (QED) is 0.812. The summed E-state index contributed by atoms with van der Waals surface area (Å²) in [6, 6.07) is 7.79. The molecule has 1 fully saturated rings. The van der Waals surface area contributed by atoms with Crippen LogP contribution in [-0.4, -0.2) is 6.04 Å². The van der Waals surface area contributed by atoms with E-state index < -0.39 is 0 Å². The monoisotopic (exact) mass is 277 g/mol. The average molecular weight is 277 g/mol. The van der Waals surface area contributed by atoms with Crippen LogP contribution in [0.15, 0.2) is 24.3 Å². The van der Waals surface area contributed by atoms with E-state index in [1.54, 1.807) is 12.1 Å². The highest BCUT2D eigenvalue weighted by Crippen LogP contribution is 2.40. The molecular formula is C18H28FN. The first-order valence-electron chi connectivity index (χ1n) is 7.69. The second-order valence-electron chi connectivity index (χ2n) is 8.12. The zero-order valence-corrected chi connectivity index (χ0v) is 13.5. The van der Waals surface area contributed by atoms with Gasteiger partial charge in [0.05, 0.1) is 0 Å². The van der Waals surface area contributed by atoms with Crippen LogP contribution < -0.4 is 5.32 Å². The van der Waals surface area contributed by atoms with Crippen molar-refractivity contribution in [3.63, 3.8) is 0 Å². The molecule has 2 rings (SSSR count). The van der Waals surface area contributed by atoms with Gasteiger partial charge in [0.15, 0.2) is 0 Å². The van der Waals surface area contributed by atoms with E-state index in [1.807, 2.05) is 12.1 Å². The molecule has 1 saturated carbocycles. The van der Waals surface area contributed by atoms with Gasteiger partial charge in [-0.1, -0.05) is 46.8 Å². The Hall–Kier alpha value is -0.890. The van der Waals surface area contributed by atoms with Gasteiger partial charge in [0, 0.05) is 12.1 Å². The van der Waals surface area contributed by atoms with Crippen LogP contribution in [0.4, 0.5) is 4.39 Å². The molecule has 1 aliphatic rings. The number of halogens is 1. The zero-order chi connectivity index (χ0) is 15.0. The van der Waals surface area contributed by atoms with Gasteiger partial charge < -0.3 is 5.32 Å². The lowest BCUT2D eigenvalue weighted by molar-refractivity contribution is 0.242. The van der Waals surface area contributed by atoms with Crippen molar-refractivity contribution in [2.75, 3.05) is 0 Å². The summed E-state index contributed by atoms with van der Waals surface area (Å²) in [4.78, 5) is 0. The summed E-state index contributed by atoms with van der Waals surface area (Å²) < 4.78 is 13.1. The number of hydrogen-bond acceptors (Lipinski definition) is 1. The first-order valence-corrected chi connectivity index (χ1v) is 7.69. The Morgan fingerprint density at radius 1 is 1.20 bits per heavy atom. The van der Waals surface area contributed by atoms with Gasteiger partial charge in [0.1, 0.15) is 5.82 Å². The maximum atomic E-state index is 13.1. The molecule has 0 amide bonds. The third kappa shape index (κ3) is 3.82. The Morgan fingerprint density at radius 2 is 1.80 bits per heavy atom. The van der Waals surface area contributed by atoms with Crippen molar-refractivity contribution < 1.29 is 4.39 Å². The number of hydrogen-bond donors (Lipinski definition) is 1. The molecule has 1 aliphatic carbocycles. The van der Waals surface area contributed by atoms with Crippen LogP contribution in [0.1, 0.15) is 65.5 Å². The molecule has 20 heavy (non-hydrogen) atoms. The molecule has 0 aromatic heterocycles.